The Bertz CT molecular complexity index is 482. The molecule has 1 unspecified atom stereocenters. The molecule has 1 aliphatic heterocycles. The number of rotatable bonds is 3. The lowest BCUT2D eigenvalue weighted by Gasteiger charge is -2.29. The summed E-state index contributed by atoms with van der Waals surface area (Å²) in [5.74, 6) is 0.824. The molecule has 1 aromatic rings. The van der Waals surface area contributed by atoms with Crippen molar-refractivity contribution in [1.82, 2.24) is 9.88 Å². The Labute approximate surface area is 120 Å². The van der Waals surface area contributed by atoms with E-state index in [0.717, 1.165) is 18.7 Å². The topological polar surface area (TPSA) is 45.2 Å². The largest absolute Gasteiger partial charge is 0.388 e. The molecular formula is C16H23N3O. The molecular weight excluding hydrogens is 250 g/mol. The van der Waals surface area contributed by atoms with E-state index in [1.807, 2.05) is 19.2 Å². The van der Waals surface area contributed by atoms with Crippen LogP contribution in [0.4, 0.5) is 5.69 Å². The van der Waals surface area contributed by atoms with Crippen molar-refractivity contribution in [1.29, 1.82) is 0 Å². The fourth-order valence-electron chi connectivity index (χ4n) is 3.73. The van der Waals surface area contributed by atoms with Crippen molar-refractivity contribution in [2.24, 2.45) is 5.92 Å². The van der Waals surface area contributed by atoms with Gasteiger partial charge in [-0.05, 0) is 43.7 Å². The van der Waals surface area contributed by atoms with Crippen LogP contribution in [0.5, 0.6) is 0 Å². The third-order valence-corrected chi connectivity index (χ3v) is 4.77. The third-order valence-electron chi connectivity index (χ3n) is 4.77. The zero-order chi connectivity index (χ0) is 13.9. The molecule has 20 heavy (non-hydrogen) atoms. The molecule has 3 rings (SSSR count). The molecule has 1 aliphatic carbocycles. The number of likely N-dealkylation sites (tertiary alicyclic amines) is 1. The molecule has 4 heteroatoms. The molecule has 2 heterocycles. The van der Waals surface area contributed by atoms with Gasteiger partial charge in [-0.15, -0.1) is 0 Å². The van der Waals surface area contributed by atoms with Gasteiger partial charge in [-0.3, -0.25) is 9.78 Å². The molecule has 4 nitrogen and oxygen atoms in total. The first-order valence-corrected chi connectivity index (χ1v) is 7.74. The number of nitrogens with one attached hydrogen (secondary N) is 1. The van der Waals surface area contributed by atoms with Crippen LogP contribution in [0.2, 0.25) is 0 Å². The summed E-state index contributed by atoms with van der Waals surface area (Å²) in [7, 11) is 1.86. The first kappa shape index (κ1) is 13.4. The van der Waals surface area contributed by atoms with E-state index < -0.39 is 0 Å². The second-order valence-corrected chi connectivity index (χ2v) is 5.93. The van der Waals surface area contributed by atoms with E-state index in [4.69, 9.17) is 0 Å². The number of carbonyl (C=O) groups excluding carboxylic acids is 1. The number of pyridine rings is 1. The minimum absolute atomic E-state index is 0.108. The highest BCUT2D eigenvalue weighted by Gasteiger charge is 2.36. The monoisotopic (exact) mass is 273 g/mol. The predicted octanol–water partition coefficient (Wildman–Crippen LogP) is 2.92. The summed E-state index contributed by atoms with van der Waals surface area (Å²) in [6.45, 7) is 0.894. The number of amides is 1. The number of nitrogens with zero attached hydrogens (tertiary/aromatic N) is 2. The van der Waals surface area contributed by atoms with E-state index in [1.54, 1.807) is 6.20 Å². The van der Waals surface area contributed by atoms with Crippen LogP contribution in [-0.4, -0.2) is 35.4 Å². The van der Waals surface area contributed by atoms with Crippen LogP contribution in [0.25, 0.3) is 0 Å². The lowest BCUT2D eigenvalue weighted by molar-refractivity contribution is 0.0683. The van der Waals surface area contributed by atoms with E-state index in [9.17, 15) is 4.79 Å². The van der Waals surface area contributed by atoms with Crippen LogP contribution in [0.3, 0.4) is 0 Å². The first-order chi connectivity index (χ1) is 9.79. The molecule has 1 aromatic heterocycles. The van der Waals surface area contributed by atoms with Gasteiger partial charge in [-0.1, -0.05) is 12.8 Å². The maximum absolute atomic E-state index is 12.7. The van der Waals surface area contributed by atoms with Crippen molar-refractivity contribution in [3.63, 3.8) is 0 Å². The Kier molecular flexibility index (Phi) is 3.90. The second-order valence-electron chi connectivity index (χ2n) is 5.93. The number of anilines is 1. The molecule has 0 spiro atoms. The van der Waals surface area contributed by atoms with Crippen molar-refractivity contribution < 1.29 is 4.79 Å². The van der Waals surface area contributed by atoms with Gasteiger partial charge in [0.05, 0.1) is 0 Å². The maximum atomic E-state index is 12.7. The maximum Gasteiger partial charge on any atom is 0.272 e. The van der Waals surface area contributed by atoms with Gasteiger partial charge in [0.1, 0.15) is 5.69 Å². The van der Waals surface area contributed by atoms with Gasteiger partial charge >= 0.3 is 0 Å². The van der Waals surface area contributed by atoms with E-state index in [1.165, 1.54) is 32.1 Å². The van der Waals surface area contributed by atoms with Gasteiger partial charge in [0, 0.05) is 31.5 Å². The smallest absolute Gasteiger partial charge is 0.272 e. The summed E-state index contributed by atoms with van der Waals surface area (Å²) in [6.07, 6.45) is 9.25. The molecule has 1 saturated carbocycles. The fraction of sp³-hybridized carbons (Fsp3) is 0.625. The SMILES string of the molecule is CNc1ccnc(C(=O)N2CCCC2C2CCCC2)c1. The van der Waals surface area contributed by atoms with Crippen molar-refractivity contribution in [3.05, 3.63) is 24.0 Å². The van der Waals surface area contributed by atoms with Crippen molar-refractivity contribution in [2.75, 3.05) is 18.9 Å². The quantitative estimate of drug-likeness (QED) is 0.921. The van der Waals surface area contributed by atoms with Crippen molar-refractivity contribution in [3.8, 4) is 0 Å². The van der Waals surface area contributed by atoms with Crippen LogP contribution in [-0.2, 0) is 0 Å². The highest BCUT2D eigenvalue weighted by molar-refractivity contribution is 5.93. The Balaban J connectivity index is 1.77. The lowest BCUT2D eigenvalue weighted by atomic mass is 9.96. The predicted molar refractivity (Wildman–Crippen MR) is 79.8 cm³/mol. The minimum Gasteiger partial charge on any atom is -0.388 e. The van der Waals surface area contributed by atoms with Gasteiger partial charge in [-0.2, -0.15) is 0 Å². The Morgan fingerprint density at radius 3 is 2.85 bits per heavy atom. The Morgan fingerprint density at radius 1 is 1.30 bits per heavy atom. The molecule has 2 fully saturated rings. The van der Waals surface area contributed by atoms with Crippen molar-refractivity contribution >= 4 is 11.6 Å². The van der Waals surface area contributed by atoms with Gasteiger partial charge in [0.15, 0.2) is 0 Å². The average Bonchev–Trinajstić information content (AvgIpc) is 3.16. The summed E-state index contributed by atoms with van der Waals surface area (Å²) >= 11 is 0. The molecule has 1 saturated heterocycles. The fourth-order valence-corrected chi connectivity index (χ4v) is 3.73. The van der Waals surface area contributed by atoms with Crippen LogP contribution in [0, 0.1) is 5.92 Å². The summed E-state index contributed by atoms with van der Waals surface area (Å²) in [6, 6.07) is 4.19. The van der Waals surface area contributed by atoms with Crippen LogP contribution in [0.1, 0.15) is 49.0 Å². The molecule has 1 N–H and O–H groups in total. The molecule has 2 aliphatic rings. The highest BCUT2D eigenvalue weighted by Crippen LogP contribution is 2.35. The van der Waals surface area contributed by atoms with Crippen LogP contribution < -0.4 is 5.32 Å². The van der Waals surface area contributed by atoms with Gasteiger partial charge in [-0.25, -0.2) is 0 Å². The molecule has 0 aromatic carbocycles. The average molecular weight is 273 g/mol. The summed E-state index contributed by atoms with van der Waals surface area (Å²) in [5.41, 5.74) is 1.52. The minimum atomic E-state index is 0.108. The normalized spacial score (nSPS) is 23.2. The van der Waals surface area contributed by atoms with Crippen LogP contribution >= 0.6 is 0 Å². The second kappa shape index (κ2) is 5.81. The molecule has 0 bridgehead atoms. The number of aromatic nitrogens is 1. The summed E-state index contributed by atoms with van der Waals surface area (Å²) in [5, 5.41) is 3.07. The van der Waals surface area contributed by atoms with E-state index in [2.05, 4.69) is 15.2 Å². The Morgan fingerprint density at radius 2 is 2.10 bits per heavy atom. The summed E-state index contributed by atoms with van der Waals surface area (Å²) in [4.78, 5) is 19.1. The van der Waals surface area contributed by atoms with Crippen LogP contribution in [0.15, 0.2) is 18.3 Å². The molecule has 1 atom stereocenters. The zero-order valence-electron chi connectivity index (χ0n) is 12.1. The number of carbonyl (C=O) groups is 1. The van der Waals surface area contributed by atoms with Gasteiger partial charge in [0.25, 0.3) is 5.91 Å². The van der Waals surface area contributed by atoms with Gasteiger partial charge < -0.3 is 10.2 Å². The standard InChI is InChI=1S/C16H23N3O/c1-17-13-8-9-18-14(11-13)16(20)19-10-4-7-15(19)12-5-2-3-6-12/h8-9,11-12,15H,2-7,10H2,1H3,(H,17,18). The van der Waals surface area contributed by atoms with Gasteiger partial charge in [0.2, 0.25) is 0 Å². The third kappa shape index (κ3) is 2.51. The van der Waals surface area contributed by atoms with E-state index in [0.29, 0.717) is 17.7 Å². The first-order valence-electron chi connectivity index (χ1n) is 7.74. The molecule has 1 amide bonds. The zero-order valence-corrected chi connectivity index (χ0v) is 12.1. The molecule has 0 radical (unpaired) electrons. The summed E-state index contributed by atoms with van der Waals surface area (Å²) < 4.78 is 0. The Hall–Kier alpha value is -1.58. The van der Waals surface area contributed by atoms with Crippen molar-refractivity contribution in [2.45, 2.75) is 44.6 Å². The number of hydrogen-bond donors (Lipinski definition) is 1. The molecule has 108 valence electrons. The lowest BCUT2D eigenvalue weighted by Crippen LogP contribution is -2.39. The number of hydrogen-bond acceptors (Lipinski definition) is 3. The highest BCUT2D eigenvalue weighted by atomic mass is 16.2. The van der Waals surface area contributed by atoms with E-state index in [-0.39, 0.29) is 5.91 Å². The van der Waals surface area contributed by atoms with E-state index >= 15 is 0 Å².